The van der Waals surface area contributed by atoms with Crippen LogP contribution in [0.25, 0.3) is 0 Å². The third-order valence-corrected chi connectivity index (χ3v) is 2.59. The van der Waals surface area contributed by atoms with E-state index in [1.807, 2.05) is 0 Å². The van der Waals surface area contributed by atoms with E-state index in [1.54, 1.807) is 36.4 Å². The third kappa shape index (κ3) is 2.73. The van der Waals surface area contributed by atoms with Gasteiger partial charge in [0.15, 0.2) is 5.75 Å². The number of halogens is 1. The monoisotopic (exact) mass is 262 g/mol. The molecular weight excluding hydrogens is 252 g/mol. The van der Waals surface area contributed by atoms with Crippen molar-refractivity contribution in [1.29, 1.82) is 0 Å². The van der Waals surface area contributed by atoms with Crippen LogP contribution in [0.3, 0.4) is 0 Å². The summed E-state index contributed by atoms with van der Waals surface area (Å²) in [5.41, 5.74) is 11.7. The number of amides is 1. The van der Waals surface area contributed by atoms with Crippen LogP contribution in [0.15, 0.2) is 42.5 Å². The lowest BCUT2D eigenvalue weighted by Gasteiger charge is -2.09. The number of carbonyl (C=O) groups excluding carboxylic acids is 1. The van der Waals surface area contributed by atoms with Gasteiger partial charge in [-0.2, -0.15) is 0 Å². The fourth-order valence-electron chi connectivity index (χ4n) is 1.41. The molecule has 18 heavy (non-hydrogen) atoms. The maximum absolute atomic E-state index is 11.1. The molecule has 4 N–H and O–H groups in total. The molecule has 0 fully saturated rings. The zero-order valence-corrected chi connectivity index (χ0v) is 10.1. The van der Waals surface area contributed by atoms with E-state index in [9.17, 15) is 4.79 Å². The van der Waals surface area contributed by atoms with Gasteiger partial charge in [-0.3, -0.25) is 4.79 Å². The number of hydrogen-bond acceptors (Lipinski definition) is 3. The Hall–Kier alpha value is -2.20. The first-order chi connectivity index (χ1) is 8.56. The van der Waals surface area contributed by atoms with Crippen molar-refractivity contribution in [2.45, 2.75) is 0 Å². The summed E-state index contributed by atoms with van der Waals surface area (Å²) in [6, 6.07) is 11.4. The molecular formula is C13H11ClN2O2. The van der Waals surface area contributed by atoms with Crippen LogP contribution < -0.4 is 16.2 Å². The number of hydrogen-bond donors (Lipinski definition) is 2. The predicted molar refractivity (Wildman–Crippen MR) is 70.9 cm³/mol. The second-order valence-corrected chi connectivity index (χ2v) is 4.11. The minimum atomic E-state index is -0.532. The Morgan fingerprint density at radius 2 is 1.78 bits per heavy atom. The highest BCUT2D eigenvalue weighted by molar-refractivity contribution is 6.30. The number of nitrogen functional groups attached to an aromatic ring is 1. The molecule has 92 valence electrons. The fourth-order valence-corrected chi connectivity index (χ4v) is 1.53. The van der Waals surface area contributed by atoms with Crippen molar-refractivity contribution in [3.05, 3.63) is 53.1 Å². The highest BCUT2D eigenvalue weighted by Crippen LogP contribution is 2.29. The van der Waals surface area contributed by atoms with E-state index in [2.05, 4.69) is 0 Å². The van der Waals surface area contributed by atoms with Crippen molar-refractivity contribution in [3.8, 4) is 11.5 Å². The van der Waals surface area contributed by atoms with Crippen molar-refractivity contribution >= 4 is 23.2 Å². The van der Waals surface area contributed by atoms with E-state index >= 15 is 0 Å². The van der Waals surface area contributed by atoms with Crippen LogP contribution in [0.2, 0.25) is 5.02 Å². The number of carbonyl (C=O) groups is 1. The predicted octanol–water partition coefficient (Wildman–Crippen LogP) is 2.81. The van der Waals surface area contributed by atoms with E-state index in [-0.39, 0.29) is 0 Å². The normalized spacial score (nSPS) is 10.1. The van der Waals surface area contributed by atoms with Gasteiger partial charge in [0.1, 0.15) is 5.75 Å². The molecule has 0 unspecified atom stereocenters. The topological polar surface area (TPSA) is 78.3 Å². The smallest absolute Gasteiger partial charge is 0.248 e. The molecule has 2 rings (SSSR count). The summed E-state index contributed by atoms with van der Waals surface area (Å²) in [5.74, 6) is 0.428. The molecule has 0 aliphatic rings. The van der Waals surface area contributed by atoms with E-state index in [1.165, 1.54) is 6.07 Å². The summed E-state index contributed by atoms with van der Waals surface area (Å²) in [7, 11) is 0. The van der Waals surface area contributed by atoms with Crippen LogP contribution in [-0.4, -0.2) is 5.91 Å². The van der Waals surface area contributed by atoms with Crippen LogP contribution >= 0.6 is 11.6 Å². The van der Waals surface area contributed by atoms with Gasteiger partial charge in [-0.25, -0.2) is 0 Å². The number of benzene rings is 2. The van der Waals surface area contributed by atoms with Gasteiger partial charge in [-0.1, -0.05) is 11.6 Å². The van der Waals surface area contributed by atoms with Crippen molar-refractivity contribution in [1.82, 2.24) is 0 Å². The molecule has 0 aliphatic heterocycles. The molecule has 0 bridgehead atoms. The lowest BCUT2D eigenvalue weighted by atomic mass is 10.2. The molecule has 4 nitrogen and oxygen atoms in total. The van der Waals surface area contributed by atoms with Crippen molar-refractivity contribution in [2.24, 2.45) is 5.73 Å². The first-order valence-electron chi connectivity index (χ1n) is 5.19. The van der Waals surface area contributed by atoms with Gasteiger partial charge >= 0.3 is 0 Å². The Kier molecular flexibility index (Phi) is 3.39. The van der Waals surface area contributed by atoms with E-state index in [0.717, 1.165) is 0 Å². The third-order valence-electron chi connectivity index (χ3n) is 2.34. The van der Waals surface area contributed by atoms with E-state index in [4.69, 9.17) is 27.8 Å². The fraction of sp³-hybridized carbons (Fsp3) is 0. The minimum Gasteiger partial charge on any atom is -0.455 e. The highest BCUT2D eigenvalue weighted by Gasteiger charge is 2.07. The molecule has 0 spiro atoms. The number of nitrogens with two attached hydrogens (primary N) is 2. The average molecular weight is 263 g/mol. The molecule has 0 aromatic heterocycles. The highest BCUT2D eigenvalue weighted by atomic mass is 35.5. The molecule has 5 heteroatoms. The van der Waals surface area contributed by atoms with Gasteiger partial charge in [0.05, 0.1) is 5.69 Å². The maximum Gasteiger partial charge on any atom is 0.248 e. The Labute approximate surface area is 109 Å². The number of primary amides is 1. The number of rotatable bonds is 3. The van der Waals surface area contributed by atoms with Crippen molar-refractivity contribution in [2.75, 3.05) is 5.73 Å². The van der Waals surface area contributed by atoms with E-state index in [0.29, 0.717) is 27.8 Å². The molecule has 1 amide bonds. The van der Waals surface area contributed by atoms with Crippen molar-refractivity contribution in [3.63, 3.8) is 0 Å². The summed E-state index contributed by atoms with van der Waals surface area (Å²) >= 11 is 5.77. The average Bonchev–Trinajstić information content (AvgIpc) is 2.34. The van der Waals surface area contributed by atoms with Gasteiger partial charge in [0, 0.05) is 10.6 Å². The van der Waals surface area contributed by atoms with Crippen LogP contribution in [0.5, 0.6) is 11.5 Å². The first-order valence-corrected chi connectivity index (χ1v) is 5.57. The second-order valence-electron chi connectivity index (χ2n) is 3.67. The van der Waals surface area contributed by atoms with Gasteiger partial charge in [-0.15, -0.1) is 0 Å². The SMILES string of the molecule is NC(=O)c1ccc(N)c(Oc2ccc(Cl)cc2)c1. The summed E-state index contributed by atoms with van der Waals surface area (Å²) in [4.78, 5) is 11.1. The quantitative estimate of drug-likeness (QED) is 0.835. The zero-order valence-electron chi connectivity index (χ0n) is 9.39. The molecule has 0 saturated carbocycles. The van der Waals surface area contributed by atoms with E-state index < -0.39 is 5.91 Å². The van der Waals surface area contributed by atoms with Gasteiger partial charge < -0.3 is 16.2 Å². The Morgan fingerprint density at radius 1 is 1.11 bits per heavy atom. The largest absolute Gasteiger partial charge is 0.455 e. The molecule has 0 atom stereocenters. The van der Waals surface area contributed by atoms with Gasteiger partial charge in [0.2, 0.25) is 5.91 Å². The standard InChI is InChI=1S/C13H11ClN2O2/c14-9-2-4-10(5-3-9)18-12-7-8(13(16)17)1-6-11(12)15/h1-7H,15H2,(H2,16,17). The van der Waals surface area contributed by atoms with Crippen LogP contribution in [0, 0.1) is 0 Å². The molecule has 0 heterocycles. The Bertz CT molecular complexity index is 582. The Balaban J connectivity index is 2.30. The van der Waals surface area contributed by atoms with Crippen molar-refractivity contribution < 1.29 is 9.53 Å². The lowest BCUT2D eigenvalue weighted by molar-refractivity contribution is 0.1000. The number of anilines is 1. The summed E-state index contributed by atoms with van der Waals surface area (Å²) in [5, 5.41) is 0.612. The summed E-state index contributed by atoms with van der Waals surface area (Å²) in [6.07, 6.45) is 0. The molecule has 0 saturated heterocycles. The molecule has 0 radical (unpaired) electrons. The number of ether oxygens (including phenoxy) is 1. The summed E-state index contributed by atoms with van der Waals surface area (Å²) in [6.45, 7) is 0. The van der Waals surface area contributed by atoms with Gasteiger partial charge in [-0.05, 0) is 42.5 Å². The molecule has 0 aliphatic carbocycles. The summed E-state index contributed by atoms with van der Waals surface area (Å²) < 4.78 is 5.56. The maximum atomic E-state index is 11.1. The van der Waals surface area contributed by atoms with Crippen LogP contribution in [-0.2, 0) is 0 Å². The zero-order chi connectivity index (χ0) is 13.1. The van der Waals surface area contributed by atoms with Crippen LogP contribution in [0.4, 0.5) is 5.69 Å². The lowest BCUT2D eigenvalue weighted by Crippen LogP contribution is -2.11. The second kappa shape index (κ2) is 4.98. The Morgan fingerprint density at radius 3 is 2.39 bits per heavy atom. The molecule has 2 aromatic rings. The first kappa shape index (κ1) is 12.3. The van der Waals surface area contributed by atoms with Crippen LogP contribution in [0.1, 0.15) is 10.4 Å². The van der Waals surface area contributed by atoms with Gasteiger partial charge in [0.25, 0.3) is 0 Å². The molecule has 2 aromatic carbocycles. The minimum absolute atomic E-state index is 0.341.